The Morgan fingerprint density at radius 1 is 0.857 bits per heavy atom. The lowest BCUT2D eigenvalue weighted by atomic mass is 10.2. The maximum atomic E-state index is 12.5. The van der Waals surface area contributed by atoms with E-state index in [0.717, 1.165) is 9.88 Å². The second-order valence-corrected chi connectivity index (χ2v) is 7.55. The van der Waals surface area contributed by atoms with Gasteiger partial charge >= 0.3 is 0 Å². The molecule has 0 aliphatic carbocycles. The van der Waals surface area contributed by atoms with Gasteiger partial charge in [-0.25, -0.2) is 4.98 Å². The van der Waals surface area contributed by atoms with Crippen molar-refractivity contribution in [1.29, 1.82) is 0 Å². The molecule has 28 heavy (non-hydrogen) atoms. The van der Waals surface area contributed by atoms with Gasteiger partial charge in [-0.2, -0.15) is 0 Å². The molecule has 3 heterocycles. The van der Waals surface area contributed by atoms with Crippen molar-refractivity contribution in [3.05, 3.63) is 82.9 Å². The number of aromatic nitrogens is 2. The zero-order chi connectivity index (χ0) is 19.3. The van der Waals surface area contributed by atoms with Crippen LogP contribution in [0.3, 0.4) is 0 Å². The highest BCUT2D eigenvalue weighted by Crippen LogP contribution is 2.28. The number of hydrogen-bond donors (Lipinski definition) is 2. The molecule has 0 unspecified atom stereocenters. The Hall–Kier alpha value is -3.36. The Morgan fingerprint density at radius 3 is 2.46 bits per heavy atom. The van der Waals surface area contributed by atoms with Crippen LogP contribution in [-0.2, 0) is 0 Å². The summed E-state index contributed by atoms with van der Waals surface area (Å²) in [6.45, 7) is 0. The number of thiophene rings is 1. The number of hydrogen-bond acceptors (Lipinski definition) is 6. The summed E-state index contributed by atoms with van der Waals surface area (Å²) in [6.07, 6.45) is 3.20. The Labute approximate surface area is 168 Å². The molecule has 2 N–H and O–H groups in total. The first-order chi connectivity index (χ1) is 13.7. The van der Waals surface area contributed by atoms with Crippen LogP contribution in [-0.4, -0.2) is 21.8 Å². The van der Waals surface area contributed by atoms with Gasteiger partial charge in [0, 0.05) is 34.7 Å². The van der Waals surface area contributed by atoms with Crippen molar-refractivity contribution >= 4 is 45.9 Å². The SMILES string of the molecule is O=C(Nc1ccncc1)c1cccc(NC(=O)c2csc(-c3cccs3)n2)c1. The van der Waals surface area contributed by atoms with Crippen LogP contribution < -0.4 is 10.6 Å². The van der Waals surface area contributed by atoms with Crippen LogP contribution in [0.5, 0.6) is 0 Å². The average molecular weight is 406 g/mol. The van der Waals surface area contributed by atoms with Crippen LogP contribution in [0.4, 0.5) is 11.4 Å². The van der Waals surface area contributed by atoms with E-state index in [2.05, 4.69) is 20.6 Å². The minimum absolute atomic E-state index is 0.268. The van der Waals surface area contributed by atoms with E-state index in [4.69, 9.17) is 0 Å². The summed E-state index contributed by atoms with van der Waals surface area (Å²) in [5.74, 6) is -0.582. The highest BCUT2D eigenvalue weighted by Gasteiger charge is 2.14. The zero-order valence-corrected chi connectivity index (χ0v) is 16.1. The Morgan fingerprint density at radius 2 is 1.68 bits per heavy atom. The minimum Gasteiger partial charge on any atom is -0.322 e. The smallest absolute Gasteiger partial charge is 0.275 e. The highest BCUT2D eigenvalue weighted by molar-refractivity contribution is 7.20. The molecule has 138 valence electrons. The molecule has 0 saturated heterocycles. The molecule has 8 heteroatoms. The summed E-state index contributed by atoms with van der Waals surface area (Å²) in [6, 6.07) is 14.1. The molecule has 4 rings (SSSR count). The summed E-state index contributed by atoms with van der Waals surface area (Å²) in [4.78, 5) is 34.2. The van der Waals surface area contributed by atoms with E-state index in [1.165, 1.54) is 11.3 Å². The molecule has 0 aliphatic rings. The van der Waals surface area contributed by atoms with Gasteiger partial charge in [-0.15, -0.1) is 22.7 Å². The van der Waals surface area contributed by atoms with Gasteiger partial charge in [0.1, 0.15) is 10.7 Å². The van der Waals surface area contributed by atoms with Crippen LogP contribution in [0.1, 0.15) is 20.8 Å². The van der Waals surface area contributed by atoms with Crippen molar-refractivity contribution < 1.29 is 9.59 Å². The monoisotopic (exact) mass is 406 g/mol. The Kier molecular flexibility index (Phi) is 5.22. The zero-order valence-electron chi connectivity index (χ0n) is 14.5. The molecule has 4 aromatic rings. The third-order valence-electron chi connectivity index (χ3n) is 3.79. The molecule has 6 nitrogen and oxygen atoms in total. The molecule has 0 bridgehead atoms. The number of thiazole rings is 1. The predicted molar refractivity (Wildman–Crippen MR) is 112 cm³/mol. The molecule has 0 atom stereocenters. The van der Waals surface area contributed by atoms with Crippen molar-refractivity contribution in [3.8, 4) is 9.88 Å². The van der Waals surface area contributed by atoms with Gasteiger partial charge in [-0.3, -0.25) is 14.6 Å². The van der Waals surface area contributed by atoms with Crippen LogP contribution in [0, 0.1) is 0 Å². The number of carbonyl (C=O) groups excluding carboxylic acids is 2. The lowest BCUT2D eigenvalue weighted by molar-refractivity contribution is 0.101. The summed E-state index contributed by atoms with van der Waals surface area (Å²) in [7, 11) is 0. The lowest BCUT2D eigenvalue weighted by Crippen LogP contribution is -2.15. The molecular weight excluding hydrogens is 392 g/mol. The van der Waals surface area contributed by atoms with Crippen molar-refractivity contribution in [1.82, 2.24) is 9.97 Å². The van der Waals surface area contributed by atoms with Gasteiger partial charge in [-0.1, -0.05) is 12.1 Å². The molecule has 0 fully saturated rings. The fraction of sp³-hybridized carbons (Fsp3) is 0. The highest BCUT2D eigenvalue weighted by atomic mass is 32.1. The summed E-state index contributed by atoms with van der Waals surface area (Å²) >= 11 is 3.00. The first-order valence-corrected chi connectivity index (χ1v) is 10.1. The first kappa shape index (κ1) is 18.0. The van der Waals surface area contributed by atoms with Gasteiger partial charge in [0.15, 0.2) is 0 Å². The number of carbonyl (C=O) groups is 2. The number of rotatable bonds is 5. The van der Waals surface area contributed by atoms with Crippen LogP contribution in [0.15, 0.2) is 71.7 Å². The van der Waals surface area contributed by atoms with Crippen molar-refractivity contribution in [2.45, 2.75) is 0 Å². The normalized spacial score (nSPS) is 10.4. The van der Waals surface area contributed by atoms with Gasteiger partial charge in [0.05, 0.1) is 4.88 Å². The van der Waals surface area contributed by atoms with E-state index in [1.807, 2.05) is 17.5 Å². The molecule has 0 radical (unpaired) electrons. The van der Waals surface area contributed by atoms with E-state index in [0.29, 0.717) is 22.6 Å². The minimum atomic E-state index is -0.314. The average Bonchev–Trinajstić information content (AvgIpc) is 3.41. The first-order valence-electron chi connectivity index (χ1n) is 8.31. The van der Waals surface area contributed by atoms with Crippen molar-refractivity contribution in [2.24, 2.45) is 0 Å². The van der Waals surface area contributed by atoms with Crippen LogP contribution >= 0.6 is 22.7 Å². The van der Waals surface area contributed by atoms with Crippen LogP contribution in [0.25, 0.3) is 9.88 Å². The molecule has 0 spiro atoms. The summed E-state index contributed by atoms with van der Waals surface area (Å²) < 4.78 is 0. The number of pyridine rings is 1. The second-order valence-electron chi connectivity index (χ2n) is 5.74. The topological polar surface area (TPSA) is 84.0 Å². The largest absolute Gasteiger partial charge is 0.322 e. The maximum Gasteiger partial charge on any atom is 0.275 e. The van der Waals surface area contributed by atoms with Gasteiger partial charge in [0.2, 0.25) is 0 Å². The van der Waals surface area contributed by atoms with Crippen molar-refractivity contribution in [2.75, 3.05) is 10.6 Å². The molecule has 0 aliphatic heterocycles. The lowest BCUT2D eigenvalue weighted by Gasteiger charge is -2.07. The molecular formula is C20H14N4O2S2. The van der Waals surface area contributed by atoms with Gasteiger partial charge in [-0.05, 0) is 41.8 Å². The Bertz CT molecular complexity index is 1110. The van der Waals surface area contributed by atoms with Crippen molar-refractivity contribution in [3.63, 3.8) is 0 Å². The number of anilines is 2. The maximum absolute atomic E-state index is 12.5. The van der Waals surface area contributed by atoms with Crippen LogP contribution in [0.2, 0.25) is 0 Å². The summed E-state index contributed by atoms with van der Waals surface area (Å²) in [5.41, 5.74) is 1.96. The third-order valence-corrected chi connectivity index (χ3v) is 5.67. The fourth-order valence-electron chi connectivity index (χ4n) is 2.46. The van der Waals surface area contributed by atoms with E-state index in [1.54, 1.807) is 65.5 Å². The predicted octanol–water partition coefficient (Wildman–Crippen LogP) is 4.77. The molecule has 1 aromatic carbocycles. The number of nitrogens with zero attached hydrogens (tertiary/aromatic N) is 2. The van der Waals surface area contributed by atoms with E-state index < -0.39 is 0 Å². The van der Waals surface area contributed by atoms with E-state index in [9.17, 15) is 9.59 Å². The molecule has 3 aromatic heterocycles. The molecule has 2 amide bonds. The quantitative estimate of drug-likeness (QED) is 0.500. The summed E-state index contributed by atoms with van der Waals surface area (Å²) in [5, 5.41) is 10.1. The Balaban J connectivity index is 1.46. The van der Waals surface area contributed by atoms with Gasteiger partial charge < -0.3 is 10.6 Å². The number of amides is 2. The van der Waals surface area contributed by atoms with E-state index in [-0.39, 0.29) is 11.8 Å². The second kappa shape index (κ2) is 8.12. The number of benzene rings is 1. The fourth-order valence-corrected chi connectivity index (χ4v) is 4.08. The molecule has 0 saturated carbocycles. The standard InChI is InChI=1S/C20H14N4O2S2/c25-18(22-14-6-8-21-9-7-14)13-3-1-4-15(11-13)23-19(26)16-12-28-20(24-16)17-5-2-10-27-17/h1-12H,(H,23,26)(H,21,22,25). The number of nitrogens with one attached hydrogen (secondary N) is 2. The van der Waals surface area contributed by atoms with Gasteiger partial charge in [0.25, 0.3) is 11.8 Å². The third kappa shape index (κ3) is 4.13. The van der Waals surface area contributed by atoms with E-state index >= 15 is 0 Å².